The van der Waals surface area contributed by atoms with E-state index in [0.29, 0.717) is 6.54 Å². The first-order valence-electron chi connectivity index (χ1n) is 8.57. The van der Waals surface area contributed by atoms with Crippen LogP contribution in [-0.2, 0) is 11.3 Å². The molecule has 26 heavy (non-hydrogen) atoms. The van der Waals surface area contributed by atoms with Gasteiger partial charge in [-0.05, 0) is 61.2 Å². The van der Waals surface area contributed by atoms with Crippen LogP contribution >= 0.6 is 0 Å². The van der Waals surface area contributed by atoms with Gasteiger partial charge in [-0.3, -0.25) is 4.79 Å². The van der Waals surface area contributed by atoms with Crippen LogP contribution in [0.25, 0.3) is 5.69 Å². The van der Waals surface area contributed by atoms with E-state index in [1.165, 1.54) is 5.56 Å². The molecule has 3 aromatic rings. The molecule has 0 atom stereocenters. The number of benzene rings is 2. The number of carbonyl (C=O) groups excluding carboxylic acids is 1. The second kappa shape index (κ2) is 7.87. The summed E-state index contributed by atoms with van der Waals surface area (Å²) < 4.78 is 7.63. The van der Waals surface area contributed by atoms with Gasteiger partial charge in [0.2, 0.25) is 0 Å². The normalized spacial score (nSPS) is 10.6. The van der Waals surface area contributed by atoms with Crippen molar-refractivity contribution in [3.63, 3.8) is 0 Å². The fourth-order valence-corrected chi connectivity index (χ4v) is 2.74. The predicted octanol–water partition coefficient (Wildman–Crippen LogP) is 3.49. The number of nitrogens with one attached hydrogen (secondary N) is 1. The number of carbonyl (C=O) groups is 1. The lowest BCUT2D eigenvalue weighted by molar-refractivity contribution is -0.123. The summed E-state index contributed by atoms with van der Waals surface area (Å²) >= 11 is 0. The highest BCUT2D eigenvalue weighted by Crippen LogP contribution is 2.23. The predicted molar refractivity (Wildman–Crippen MR) is 102 cm³/mol. The van der Waals surface area contributed by atoms with Crippen molar-refractivity contribution in [1.82, 2.24) is 14.9 Å². The van der Waals surface area contributed by atoms with Gasteiger partial charge in [0.25, 0.3) is 5.91 Å². The quantitative estimate of drug-likeness (QED) is 0.741. The molecular formula is C21H23N3O2. The van der Waals surface area contributed by atoms with E-state index >= 15 is 0 Å². The molecule has 0 aliphatic rings. The number of imidazole rings is 1. The molecule has 5 nitrogen and oxygen atoms in total. The van der Waals surface area contributed by atoms with Crippen molar-refractivity contribution >= 4 is 5.91 Å². The molecule has 1 heterocycles. The van der Waals surface area contributed by atoms with Crippen LogP contribution in [0.3, 0.4) is 0 Å². The maximum Gasteiger partial charge on any atom is 0.258 e. The molecule has 1 amide bonds. The van der Waals surface area contributed by atoms with Crippen LogP contribution in [0.15, 0.2) is 55.1 Å². The molecule has 2 aromatic carbocycles. The second-order valence-corrected chi connectivity index (χ2v) is 6.41. The number of aromatic nitrogens is 2. The molecule has 0 radical (unpaired) electrons. The fourth-order valence-electron chi connectivity index (χ4n) is 2.74. The van der Waals surface area contributed by atoms with Crippen molar-refractivity contribution in [2.24, 2.45) is 0 Å². The molecule has 0 saturated carbocycles. The van der Waals surface area contributed by atoms with Gasteiger partial charge in [-0.15, -0.1) is 0 Å². The standard InChI is InChI=1S/C21H23N3O2/c1-15-10-16(2)17(3)20(11-15)26-13-21(25)23-12-18-4-6-19(7-5-18)24-9-8-22-14-24/h4-11,14H,12-13H2,1-3H3,(H,23,25). The Hall–Kier alpha value is -3.08. The third kappa shape index (κ3) is 4.30. The van der Waals surface area contributed by atoms with Crippen LogP contribution in [0, 0.1) is 20.8 Å². The van der Waals surface area contributed by atoms with E-state index in [2.05, 4.69) is 16.4 Å². The molecular weight excluding hydrogens is 326 g/mol. The average molecular weight is 349 g/mol. The van der Waals surface area contributed by atoms with Crippen LogP contribution in [0.5, 0.6) is 5.75 Å². The largest absolute Gasteiger partial charge is 0.483 e. The van der Waals surface area contributed by atoms with Gasteiger partial charge in [-0.2, -0.15) is 0 Å². The summed E-state index contributed by atoms with van der Waals surface area (Å²) in [5.41, 5.74) is 5.43. The molecule has 0 bridgehead atoms. The zero-order chi connectivity index (χ0) is 18.5. The van der Waals surface area contributed by atoms with Crippen molar-refractivity contribution in [1.29, 1.82) is 0 Å². The Kier molecular flexibility index (Phi) is 5.37. The Bertz CT molecular complexity index is 884. The summed E-state index contributed by atoms with van der Waals surface area (Å²) in [6.45, 7) is 6.55. The zero-order valence-electron chi connectivity index (χ0n) is 15.3. The van der Waals surface area contributed by atoms with Crippen molar-refractivity contribution in [2.45, 2.75) is 27.3 Å². The molecule has 0 spiro atoms. The van der Waals surface area contributed by atoms with Gasteiger partial charge in [0.05, 0.1) is 6.33 Å². The smallest absolute Gasteiger partial charge is 0.258 e. The number of aryl methyl sites for hydroxylation is 2. The molecule has 1 aromatic heterocycles. The minimum Gasteiger partial charge on any atom is -0.483 e. The maximum absolute atomic E-state index is 12.1. The average Bonchev–Trinajstić information content (AvgIpc) is 3.17. The number of rotatable bonds is 6. The Morgan fingerprint density at radius 2 is 1.92 bits per heavy atom. The second-order valence-electron chi connectivity index (χ2n) is 6.41. The first-order chi connectivity index (χ1) is 12.5. The molecule has 0 unspecified atom stereocenters. The Balaban J connectivity index is 1.51. The summed E-state index contributed by atoms with van der Waals surface area (Å²) in [6.07, 6.45) is 5.39. The molecule has 0 fully saturated rings. The third-order valence-corrected chi connectivity index (χ3v) is 4.35. The summed E-state index contributed by atoms with van der Waals surface area (Å²) in [4.78, 5) is 16.1. The van der Waals surface area contributed by atoms with Crippen molar-refractivity contribution in [3.8, 4) is 11.4 Å². The van der Waals surface area contributed by atoms with E-state index in [9.17, 15) is 4.79 Å². The van der Waals surface area contributed by atoms with E-state index in [4.69, 9.17) is 4.74 Å². The van der Waals surface area contributed by atoms with Crippen LogP contribution in [0.4, 0.5) is 0 Å². The number of nitrogens with zero attached hydrogens (tertiary/aromatic N) is 2. The topological polar surface area (TPSA) is 56.1 Å². The molecule has 0 aliphatic heterocycles. The molecule has 134 valence electrons. The minimum absolute atomic E-state index is 0.0108. The van der Waals surface area contributed by atoms with Gasteiger partial charge in [-0.1, -0.05) is 18.2 Å². The van der Waals surface area contributed by atoms with E-state index in [1.807, 2.05) is 61.9 Å². The molecule has 0 aliphatic carbocycles. The number of hydrogen-bond acceptors (Lipinski definition) is 3. The zero-order valence-corrected chi connectivity index (χ0v) is 15.3. The Morgan fingerprint density at radius 1 is 1.15 bits per heavy atom. The highest BCUT2D eigenvalue weighted by molar-refractivity contribution is 5.77. The van der Waals surface area contributed by atoms with Gasteiger partial charge in [0.1, 0.15) is 5.75 Å². The summed E-state index contributed by atoms with van der Waals surface area (Å²) in [6, 6.07) is 12.0. The van der Waals surface area contributed by atoms with Gasteiger partial charge >= 0.3 is 0 Å². The van der Waals surface area contributed by atoms with Gasteiger partial charge in [0, 0.05) is 24.6 Å². The van der Waals surface area contributed by atoms with Crippen LogP contribution in [0.2, 0.25) is 0 Å². The van der Waals surface area contributed by atoms with E-state index in [1.54, 1.807) is 12.5 Å². The van der Waals surface area contributed by atoms with Gasteiger partial charge in [0.15, 0.2) is 6.61 Å². The van der Waals surface area contributed by atoms with Gasteiger partial charge in [-0.25, -0.2) is 4.98 Å². The highest BCUT2D eigenvalue weighted by atomic mass is 16.5. The summed E-state index contributed by atoms with van der Waals surface area (Å²) in [5, 5.41) is 2.89. The van der Waals surface area contributed by atoms with Crippen molar-refractivity contribution in [3.05, 3.63) is 77.4 Å². The van der Waals surface area contributed by atoms with E-state index < -0.39 is 0 Å². The number of hydrogen-bond donors (Lipinski definition) is 1. The summed E-state index contributed by atoms with van der Waals surface area (Å²) in [5.74, 6) is 0.629. The maximum atomic E-state index is 12.1. The van der Waals surface area contributed by atoms with Crippen molar-refractivity contribution in [2.75, 3.05) is 6.61 Å². The third-order valence-electron chi connectivity index (χ3n) is 4.35. The molecule has 0 saturated heterocycles. The van der Waals surface area contributed by atoms with Crippen LogP contribution in [0.1, 0.15) is 22.3 Å². The van der Waals surface area contributed by atoms with Crippen LogP contribution < -0.4 is 10.1 Å². The SMILES string of the molecule is Cc1cc(C)c(C)c(OCC(=O)NCc2ccc(-n3ccnc3)cc2)c1. The van der Waals surface area contributed by atoms with E-state index in [-0.39, 0.29) is 12.5 Å². The number of amides is 1. The fraction of sp³-hybridized carbons (Fsp3) is 0.238. The Morgan fingerprint density at radius 3 is 2.62 bits per heavy atom. The van der Waals surface area contributed by atoms with Crippen LogP contribution in [-0.4, -0.2) is 22.1 Å². The van der Waals surface area contributed by atoms with Gasteiger partial charge < -0.3 is 14.6 Å². The Labute approximate surface area is 153 Å². The molecule has 3 rings (SSSR count). The number of ether oxygens (including phenoxy) is 1. The first-order valence-corrected chi connectivity index (χ1v) is 8.57. The lowest BCUT2D eigenvalue weighted by atomic mass is 10.1. The minimum atomic E-state index is -0.137. The lowest BCUT2D eigenvalue weighted by Crippen LogP contribution is -2.28. The van der Waals surface area contributed by atoms with Crippen molar-refractivity contribution < 1.29 is 9.53 Å². The highest BCUT2D eigenvalue weighted by Gasteiger charge is 2.07. The van der Waals surface area contributed by atoms with E-state index in [0.717, 1.165) is 28.1 Å². The lowest BCUT2D eigenvalue weighted by Gasteiger charge is -2.12. The molecule has 5 heteroatoms. The molecule has 1 N–H and O–H groups in total. The monoisotopic (exact) mass is 349 g/mol. The summed E-state index contributed by atoms with van der Waals surface area (Å²) in [7, 11) is 0. The first kappa shape index (κ1) is 17.7.